The van der Waals surface area contributed by atoms with Gasteiger partial charge in [0.15, 0.2) is 0 Å². The SMILES string of the molecule is CCN(CC)C1CCN(C(=O)CNC)C1. The van der Waals surface area contributed by atoms with Crippen LogP contribution in [0.1, 0.15) is 20.3 Å². The lowest BCUT2D eigenvalue weighted by molar-refractivity contribution is -0.129. The van der Waals surface area contributed by atoms with Gasteiger partial charge in [-0.25, -0.2) is 0 Å². The van der Waals surface area contributed by atoms with E-state index in [0.717, 1.165) is 32.6 Å². The van der Waals surface area contributed by atoms with Crippen molar-refractivity contribution in [2.24, 2.45) is 0 Å². The molecule has 1 amide bonds. The number of hydrogen-bond acceptors (Lipinski definition) is 3. The molecule has 0 spiro atoms. The van der Waals surface area contributed by atoms with E-state index >= 15 is 0 Å². The van der Waals surface area contributed by atoms with E-state index in [1.807, 2.05) is 11.9 Å². The Kier molecular flexibility index (Phi) is 5.05. The number of hydrogen-bond donors (Lipinski definition) is 1. The smallest absolute Gasteiger partial charge is 0.236 e. The number of nitrogens with zero attached hydrogens (tertiary/aromatic N) is 2. The van der Waals surface area contributed by atoms with Crippen LogP contribution in [-0.4, -0.2) is 61.5 Å². The summed E-state index contributed by atoms with van der Waals surface area (Å²) < 4.78 is 0. The molecule has 88 valence electrons. The molecule has 0 saturated carbocycles. The Hall–Kier alpha value is -0.610. The Morgan fingerprint density at radius 2 is 2.13 bits per heavy atom. The van der Waals surface area contributed by atoms with Gasteiger partial charge in [0.05, 0.1) is 6.54 Å². The second-order valence-electron chi connectivity index (χ2n) is 4.03. The summed E-state index contributed by atoms with van der Waals surface area (Å²) in [5.41, 5.74) is 0. The highest BCUT2D eigenvalue weighted by Gasteiger charge is 2.28. The highest BCUT2D eigenvalue weighted by Crippen LogP contribution is 2.15. The fraction of sp³-hybridized carbons (Fsp3) is 0.909. The van der Waals surface area contributed by atoms with Crippen molar-refractivity contribution in [2.75, 3.05) is 39.8 Å². The van der Waals surface area contributed by atoms with Crippen LogP contribution in [0.15, 0.2) is 0 Å². The lowest BCUT2D eigenvalue weighted by Crippen LogP contribution is -2.40. The largest absolute Gasteiger partial charge is 0.340 e. The molecule has 1 saturated heterocycles. The van der Waals surface area contributed by atoms with Gasteiger partial charge in [-0.3, -0.25) is 9.69 Å². The summed E-state index contributed by atoms with van der Waals surface area (Å²) in [6.07, 6.45) is 1.12. The molecule has 0 aliphatic carbocycles. The van der Waals surface area contributed by atoms with Gasteiger partial charge in [0.2, 0.25) is 5.91 Å². The van der Waals surface area contributed by atoms with E-state index in [9.17, 15) is 4.79 Å². The van der Waals surface area contributed by atoms with Gasteiger partial charge in [0.25, 0.3) is 0 Å². The molecule has 1 fully saturated rings. The van der Waals surface area contributed by atoms with E-state index in [0.29, 0.717) is 12.6 Å². The minimum atomic E-state index is 0.229. The number of nitrogens with one attached hydrogen (secondary N) is 1. The molecular weight excluding hydrogens is 190 g/mol. The number of likely N-dealkylation sites (N-methyl/N-ethyl adjacent to an activating group) is 2. The normalized spacial score (nSPS) is 21.3. The van der Waals surface area contributed by atoms with Gasteiger partial charge in [-0.05, 0) is 26.6 Å². The van der Waals surface area contributed by atoms with E-state index in [4.69, 9.17) is 0 Å². The third kappa shape index (κ3) is 3.18. The van der Waals surface area contributed by atoms with Crippen LogP contribution < -0.4 is 5.32 Å². The van der Waals surface area contributed by atoms with E-state index < -0.39 is 0 Å². The van der Waals surface area contributed by atoms with Crippen molar-refractivity contribution in [1.29, 1.82) is 0 Å². The second kappa shape index (κ2) is 6.08. The number of likely N-dealkylation sites (tertiary alicyclic amines) is 1. The number of carbonyl (C=O) groups excluding carboxylic acids is 1. The molecule has 0 aromatic carbocycles. The third-order valence-electron chi connectivity index (χ3n) is 3.17. The third-order valence-corrected chi connectivity index (χ3v) is 3.17. The van der Waals surface area contributed by atoms with E-state index in [-0.39, 0.29) is 5.91 Å². The molecule has 4 heteroatoms. The Labute approximate surface area is 92.6 Å². The average molecular weight is 213 g/mol. The first-order valence-electron chi connectivity index (χ1n) is 5.89. The monoisotopic (exact) mass is 213 g/mol. The van der Waals surface area contributed by atoms with Gasteiger partial charge in [-0.15, -0.1) is 0 Å². The molecule has 1 aliphatic heterocycles. The first kappa shape index (κ1) is 12.5. The van der Waals surface area contributed by atoms with Gasteiger partial charge in [0, 0.05) is 19.1 Å². The Morgan fingerprint density at radius 1 is 1.47 bits per heavy atom. The molecule has 1 N–H and O–H groups in total. The first-order valence-corrected chi connectivity index (χ1v) is 5.89. The summed E-state index contributed by atoms with van der Waals surface area (Å²) in [7, 11) is 1.82. The number of amides is 1. The van der Waals surface area contributed by atoms with Crippen LogP contribution >= 0.6 is 0 Å². The van der Waals surface area contributed by atoms with Crippen LogP contribution in [0.3, 0.4) is 0 Å². The topological polar surface area (TPSA) is 35.6 Å². The summed E-state index contributed by atoms with van der Waals surface area (Å²) in [5, 5.41) is 2.91. The van der Waals surface area contributed by atoms with Crippen LogP contribution in [0.25, 0.3) is 0 Å². The van der Waals surface area contributed by atoms with E-state index in [1.54, 1.807) is 0 Å². The summed E-state index contributed by atoms with van der Waals surface area (Å²) in [5.74, 6) is 0.229. The minimum absolute atomic E-state index is 0.229. The predicted molar refractivity (Wildman–Crippen MR) is 61.8 cm³/mol. The quantitative estimate of drug-likeness (QED) is 0.706. The van der Waals surface area contributed by atoms with Crippen molar-refractivity contribution >= 4 is 5.91 Å². The standard InChI is InChI=1S/C11H23N3O/c1-4-13(5-2)10-6-7-14(9-10)11(15)8-12-3/h10,12H,4-9H2,1-3H3. The van der Waals surface area contributed by atoms with Crippen LogP contribution in [0.4, 0.5) is 0 Å². The van der Waals surface area contributed by atoms with Crippen molar-refractivity contribution in [3.8, 4) is 0 Å². The fourth-order valence-corrected chi connectivity index (χ4v) is 2.27. The first-order chi connectivity index (χ1) is 7.22. The maximum absolute atomic E-state index is 11.6. The molecule has 1 aliphatic rings. The van der Waals surface area contributed by atoms with Crippen molar-refractivity contribution in [3.05, 3.63) is 0 Å². The van der Waals surface area contributed by atoms with Crippen LogP contribution in [-0.2, 0) is 4.79 Å². The van der Waals surface area contributed by atoms with E-state index in [2.05, 4.69) is 24.1 Å². The van der Waals surface area contributed by atoms with Crippen molar-refractivity contribution < 1.29 is 4.79 Å². The average Bonchev–Trinajstić information content (AvgIpc) is 2.69. The van der Waals surface area contributed by atoms with Crippen LogP contribution in [0.5, 0.6) is 0 Å². The summed E-state index contributed by atoms with van der Waals surface area (Å²) in [6, 6.07) is 0.570. The minimum Gasteiger partial charge on any atom is -0.340 e. The highest BCUT2D eigenvalue weighted by molar-refractivity contribution is 5.78. The van der Waals surface area contributed by atoms with Crippen LogP contribution in [0.2, 0.25) is 0 Å². The molecule has 1 unspecified atom stereocenters. The Morgan fingerprint density at radius 3 is 2.67 bits per heavy atom. The molecule has 0 radical (unpaired) electrons. The second-order valence-corrected chi connectivity index (χ2v) is 4.03. The van der Waals surface area contributed by atoms with Crippen molar-refractivity contribution in [1.82, 2.24) is 15.1 Å². The maximum Gasteiger partial charge on any atom is 0.236 e. The molecule has 1 atom stereocenters. The zero-order valence-corrected chi connectivity index (χ0v) is 10.1. The molecule has 1 heterocycles. The Balaban J connectivity index is 2.41. The summed E-state index contributed by atoms with van der Waals surface area (Å²) in [6.45, 7) is 8.81. The number of rotatable bonds is 5. The zero-order chi connectivity index (χ0) is 11.3. The summed E-state index contributed by atoms with van der Waals surface area (Å²) >= 11 is 0. The molecule has 0 bridgehead atoms. The van der Waals surface area contributed by atoms with Gasteiger partial charge < -0.3 is 10.2 Å². The zero-order valence-electron chi connectivity index (χ0n) is 10.1. The van der Waals surface area contributed by atoms with Crippen molar-refractivity contribution in [3.63, 3.8) is 0 Å². The molecule has 1 rings (SSSR count). The lowest BCUT2D eigenvalue weighted by Gasteiger charge is -2.26. The Bertz CT molecular complexity index is 204. The van der Waals surface area contributed by atoms with Crippen LogP contribution in [0, 0.1) is 0 Å². The fourth-order valence-electron chi connectivity index (χ4n) is 2.27. The lowest BCUT2D eigenvalue weighted by atomic mass is 10.2. The molecule has 0 aromatic heterocycles. The summed E-state index contributed by atoms with van der Waals surface area (Å²) in [4.78, 5) is 16.0. The van der Waals surface area contributed by atoms with Gasteiger partial charge >= 0.3 is 0 Å². The van der Waals surface area contributed by atoms with Crippen molar-refractivity contribution in [2.45, 2.75) is 26.3 Å². The maximum atomic E-state index is 11.6. The predicted octanol–water partition coefficient (Wildman–Crippen LogP) is 0.149. The van der Waals surface area contributed by atoms with Gasteiger partial charge in [-0.1, -0.05) is 13.8 Å². The number of carbonyl (C=O) groups is 1. The molecular formula is C11H23N3O. The highest BCUT2D eigenvalue weighted by atomic mass is 16.2. The van der Waals surface area contributed by atoms with Gasteiger partial charge in [0.1, 0.15) is 0 Å². The molecule has 15 heavy (non-hydrogen) atoms. The molecule has 4 nitrogen and oxygen atoms in total. The van der Waals surface area contributed by atoms with Gasteiger partial charge in [-0.2, -0.15) is 0 Å². The molecule has 0 aromatic rings. The van der Waals surface area contributed by atoms with E-state index in [1.165, 1.54) is 0 Å².